The van der Waals surface area contributed by atoms with E-state index in [1.807, 2.05) is 36.4 Å². The van der Waals surface area contributed by atoms with Crippen molar-refractivity contribution in [3.8, 4) is 28.7 Å². The first kappa shape index (κ1) is 27.4. The monoisotopic (exact) mass is 517 g/mol. The number of fused-ring (bicyclic) bond motifs is 1. The summed E-state index contributed by atoms with van der Waals surface area (Å²) in [5.74, 6) is 2.32. The zero-order chi connectivity index (χ0) is 27.1. The lowest BCUT2D eigenvalue weighted by Crippen LogP contribution is -2.25. The first-order valence-corrected chi connectivity index (χ1v) is 13.5. The third-order valence-corrected chi connectivity index (χ3v) is 7.02. The van der Waals surface area contributed by atoms with Gasteiger partial charge in [0.15, 0.2) is 0 Å². The van der Waals surface area contributed by atoms with Gasteiger partial charge in [-0.15, -0.1) is 0 Å². The number of phenolic OH excluding ortho intramolecular Hbond substituents is 2. The minimum Gasteiger partial charge on any atom is -0.508 e. The number of rotatable bonds is 12. The second kappa shape index (κ2) is 12.7. The number of nitrogens with zero attached hydrogens (tertiary/aromatic N) is 1. The zero-order valence-corrected chi connectivity index (χ0v) is 22.9. The molecular formula is C32H39NO5. The molecule has 0 bridgehead atoms. The van der Waals surface area contributed by atoms with Crippen molar-refractivity contribution in [3.05, 3.63) is 77.4 Å². The van der Waals surface area contributed by atoms with Crippen LogP contribution >= 0.6 is 0 Å². The summed E-state index contributed by atoms with van der Waals surface area (Å²) in [6.07, 6.45) is 4.02. The highest BCUT2D eigenvalue weighted by Crippen LogP contribution is 2.50. The number of methoxy groups -OCH3 is 1. The predicted octanol–water partition coefficient (Wildman–Crippen LogP) is 7.06. The molecule has 38 heavy (non-hydrogen) atoms. The van der Waals surface area contributed by atoms with Crippen molar-refractivity contribution >= 4 is 11.1 Å². The molecule has 0 saturated heterocycles. The van der Waals surface area contributed by atoms with Crippen LogP contribution in [0, 0.1) is 0 Å². The Morgan fingerprint density at radius 3 is 2.26 bits per heavy atom. The van der Waals surface area contributed by atoms with Gasteiger partial charge < -0.3 is 29.3 Å². The molecule has 1 aliphatic rings. The highest BCUT2D eigenvalue weighted by molar-refractivity contribution is 5.97. The first-order valence-electron chi connectivity index (χ1n) is 13.5. The number of aromatic hydroxyl groups is 2. The minimum absolute atomic E-state index is 0.139. The van der Waals surface area contributed by atoms with Crippen molar-refractivity contribution in [3.63, 3.8) is 0 Å². The van der Waals surface area contributed by atoms with Gasteiger partial charge in [0.05, 0.1) is 7.11 Å². The molecule has 0 radical (unpaired) electrons. The van der Waals surface area contributed by atoms with Crippen LogP contribution in [0.5, 0.6) is 28.7 Å². The Kier molecular flexibility index (Phi) is 9.19. The molecule has 0 fully saturated rings. The third-order valence-electron chi connectivity index (χ3n) is 7.02. The number of hydrogen-bond acceptors (Lipinski definition) is 6. The fourth-order valence-corrected chi connectivity index (χ4v) is 4.97. The molecular weight excluding hydrogens is 478 g/mol. The molecule has 4 rings (SSSR count). The van der Waals surface area contributed by atoms with Gasteiger partial charge in [0.2, 0.25) is 0 Å². The molecule has 6 nitrogen and oxygen atoms in total. The Hall–Kier alpha value is -3.64. The zero-order valence-electron chi connectivity index (χ0n) is 22.9. The Morgan fingerprint density at radius 1 is 0.868 bits per heavy atom. The van der Waals surface area contributed by atoms with Crippen molar-refractivity contribution in [1.29, 1.82) is 0 Å². The molecule has 0 amide bonds. The molecule has 1 atom stereocenters. The lowest BCUT2D eigenvalue weighted by Gasteiger charge is -2.32. The average molecular weight is 518 g/mol. The number of phenols is 2. The van der Waals surface area contributed by atoms with Gasteiger partial charge in [-0.3, -0.25) is 0 Å². The van der Waals surface area contributed by atoms with Gasteiger partial charge in [-0.25, -0.2) is 0 Å². The highest BCUT2D eigenvalue weighted by Gasteiger charge is 2.32. The second-order valence-electron chi connectivity index (χ2n) is 9.74. The smallest absolute Gasteiger partial charge is 0.150 e. The molecule has 3 aromatic carbocycles. The van der Waals surface area contributed by atoms with Gasteiger partial charge in [-0.1, -0.05) is 38.8 Å². The van der Waals surface area contributed by atoms with E-state index in [0.29, 0.717) is 18.1 Å². The maximum atomic E-state index is 10.2. The van der Waals surface area contributed by atoms with E-state index in [0.717, 1.165) is 53.1 Å². The SMILES string of the molecule is CCCCCN(C)CCOc1ccc(C2Oc3cc(O)ccc3C(CC)=C2c2ccc(O)cc2OC)cc1. The summed E-state index contributed by atoms with van der Waals surface area (Å²) in [5.41, 5.74) is 4.84. The number of hydrogen-bond donors (Lipinski definition) is 2. The lowest BCUT2D eigenvalue weighted by atomic mass is 9.84. The van der Waals surface area contributed by atoms with E-state index in [2.05, 4.69) is 25.8 Å². The molecule has 0 aliphatic carbocycles. The van der Waals surface area contributed by atoms with Gasteiger partial charge in [-0.05, 0) is 74.0 Å². The van der Waals surface area contributed by atoms with E-state index in [4.69, 9.17) is 14.2 Å². The van der Waals surface area contributed by atoms with E-state index in [1.165, 1.54) is 19.3 Å². The average Bonchev–Trinajstić information content (AvgIpc) is 2.92. The number of allylic oxidation sites excluding steroid dienone is 1. The van der Waals surface area contributed by atoms with Crippen LogP contribution in [0.15, 0.2) is 60.7 Å². The summed E-state index contributed by atoms with van der Waals surface area (Å²) in [4.78, 5) is 2.31. The lowest BCUT2D eigenvalue weighted by molar-refractivity contribution is 0.234. The molecule has 1 unspecified atom stereocenters. The number of benzene rings is 3. The van der Waals surface area contributed by atoms with E-state index < -0.39 is 6.10 Å². The third kappa shape index (κ3) is 6.25. The van der Waals surface area contributed by atoms with Crippen molar-refractivity contribution in [2.75, 3.05) is 33.9 Å². The van der Waals surface area contributed by atoms with Crippen LogP contribution in [0.3, 0.4) is 0 Å². The van der Waals surface area contributed by atoms with Crippen LogP contribution < -0.4 is 14.2 Å². The van der Waals surface area contributed by atoms with Gasteiger partial charge in [0.1, 0.15) is 41.5 Å². The van der Waals surface area contributed by atoms with Crippen molar-refractivity contribution in [1.82, 2.24) is 4.90 Å². The summed E-state index contributed by atoms with van der Waals surface area (Å²) in [5, 5.41) is 20.2. The van der Waals surface area contributed by atoms with Crippen LogP contribution in [-0.4, -0.2) is 49.0 Å². The molecule has 2 N–H and O–H groups in total. The number of unbranched alkanes of at least 4 members (excludes halogenated alkanes) is 2. The van der Waals surface area contributed by atoms with Crippen LogP contribution in [0.2, 0.25) is 0 Å². The highest BCUT2D eigenvalue weighted by atomic mass is 16.5. The van der Waals surface area contributed by atoms with Crippen molar-refractivity contribution < 1.29 is 24.4 Å². The minimum atomic E-state index is -0.434. The number of likely N-dealkylation sites (N-methyl/N-ethyl adjacent to an activating group) is 1. The van der Waals surface area contributed by atoms with E-state index >= 15 is 0 Å². The quantitative estimate of drug-likeness (QED) is 0.251. The maximum absolute atomic E-state index is 10.2. The Bertz CT molecular complexity index is 1250. The van der Waals surface area contributed by atoms with E-state index in [9.17, 15) is 10.2 Å². The molecule has 0 aromatic heterocycles. The van der Waals surface area contributed by atoms with Gasteiger partial charge in [0.25, 0.3) is 0 Å². The van der Waals surface area contributed by atoms with Gasteiger partial charge >= 0.3 is 0 Å². The normalized spacial score (nSPS) is 14.8. The standard InChI is InChI=1S/C32H39NO5/c1-5-7-8-17-33(3)18-19-37-25-13-9-22(10-14-25)32-31(28-16-12-23(34)20-29(28)36-4)26(6-2)27-15-11-24(35)21-30(27)38-32/h9-16,20-21,32,34-35H,5-8,17-19H2,1-4H3. The van der Waals surface area contributed by atoms with Crippen LogP contribution in [0.1, 0.15) is 62.3 Å². The fourth-order valence-electron chi connectivity index (χ4n) is 4.97. The molecule has 6 heteroatoms. The first-order chi connectivity index (χ1) is 18.4. The maximum Gasteiger partial charge on any atom is 0.150 e. The summed E-state index contributed by atoms with van der Waals surface area (Å²) >= 11 is 0. The fraction of sp³-hybridized carbons (Fsp3) is 0.375. The summed E-state index contributed by atoms with van der Waals surface area (Å²) < 4.78 is 18.2. The van der Waals surface area contributed by atoms with Crippen LogP contribution in [0.4, 0.5) is 0 Å². The number of ether oxygens (including phenoxy) is 3. The summed E-state index contributed by atoms with van der Waals surface area (Å²) in [6, 6.07) is 18.4. The predicted molar refractivity (Wildman–Crippen MR) is 152 cm³/mol. The van der Waals surface area contributed by atoms with E-state index in [1.54, 1.807) is 31.4 Å². The Labute approximate surface area is 226 Å². The Balaban J connectivity index is 1.63. The van der Waals surface area contributed by atoms with Crippen molar-refractivity contribution in [2.24, 2.45) is 0 Å². The van der Waals surface area contributed by atoms with E-state index in [-0.39, 0.29) is 11.5 Å². The van der Waals surface area contributed by atoms with Gasteiger partial charge in [0, 0.05) is 35.4 Å². The molecule has 3 aromatic rings. The van der Waals surface area contributed by atoms with Gasteiger partial charge in [-0.2, -0.15) is 0 Å². The molecule has 202 valence electrons. The Morgan fingerprint density at radius 2 is 1.58 bits per heavy atom. The summed E-state index contributed by atoms with van der Waals surface area (Å²) in [6.45, 7) is 6.92. The van der Waals surface area contributed by atoms with Crippen LogP contribution in [-0.2, 0) is 0 Å². The van der Waals surface area contributed by atoms with Crippen molar-refractivity contribution in [2.45, 2.75) is 45.6 Å². The molecule has 0 saturated carbocycles. The second-order valence-corrected chi connectivity index (χ2v) is 9.74. The topological polar surface area (TPSA) is 71.4 Å². The molecule has 1 aliphatic heterocycles. The molecule has 1 heterocycles. The summed E-state index contributed by atoms with van der Waals surface area (Å²) in [7, 11) is 3.73. The molecule has 0 spiro atoms. The largest absolute Gasteiger partial charge is 0.508 e. The van der Waals surface area contributed by atoms with Crippen LogP contribution in [0.25, 0.3) is 11.1 Å².